The normalized spacial score (nSPS) is 26.1. The van der Waals surface area contributed by atoms with Crippen molar-refractivity contribution < 1.29 is 39.9 Å². The minimum atomic E-state index is -2.98. The number of anilines is 2. The number of rotatable bonds is 6. The molecule has 12 nitrogen and oxygen atoms in total. The van der Waals surface area contributed by atoms with Crippen molar-refractivity contribution in [3.8, 4) is 28.1 Å². The second-order valence-electron chi connectivity index (χ2n) is 13.1. The quantitative estimate of drug-likeness (QED) is 0.113. The van der Waals surface area contributed by atoms with Gasteiger partial charge in [-0.25, -0.2) is 4.98 Å². The molecule has 7 rings (SSSR count). The SMILES string of the molecule is CC1c2ccc(Nc3nc(-c4ccc(-c5ccccc5)cc4)cs3)c(O)c2C(=O)C2=C(O)C3(O)C(=O)C(C(N)=O)=C(O)C(N(C)C)C3C(O)C21. The maximum atomic E-state index is 14.2. The van der Waals surface area contributed by atoms with Crippen LogP contribution >= 0.6 is 11.3 Å². The monoisotopic (exact) mass is 694 g/mol. The molecule has 0 saturated heterocycles. The Bertz CT molecular complexity index is 2140. The molecule has 6 atom stereocenters. The lowest BCUT2D eigenvalue weighted by Gasteiger charge is -2.53. The highest BCUT2D eigenvalue weighted by atomic mass is 32.1. The summed E-state index contributed by atoms with van der Waals surface area (Å²) in [7, 11) is 2.98. The Morgan fingerprint density at radius 3 is 2.24 bits per heavy atom. The van der Waals surface area contributed by atoms with Crippen LogP contribution in [0.5, 0.6) is 5.75 Å². The second-order valence-corrected chi connectivity index (χ2v) is 13.9. The van der Waals surface area contributed by atoms with Crippen LogP contribution in [0.3, 0.4) is 0 Å². The molecule has 0 saturated carbocycles. The number of thiazole rings is 1. The number of amides is 1. The summed E-state index contributed by atoms with van der Waals surface area (Å²) in [5, 5.41) is 63.1. The molecule has 3 aliphatic carbocycles. The molecular weight excluding hydrogens is 660 g/mol. The summed E-state index contributed by atoms with van der Waals surface area (Å²) < 4.78 is 0. The van der Waals surface area contributed by atoms with Crippen LogP contribution in [0.2, 0.25) is 0 Å². The van der Waals surface area contributed by atoms with Crippen molar-refractivity contribution in [2.24, 2.45) is 17.6 Å². The van der Waals surface area contributed by atoms with Crippen molar-refractivity contribution in [3.05, 3.63) is 106 Å². The van der Waals surface area contributed by atoms with Gasteiger partial charge in [0.1, 0.15) is 17.1 Å². The standard InChI is InChI=1S/C37H34N4O8S/c1-16-20-13-14-21(39-36-40-22(15-50-36)19-11-9-18(10-12-19)17-7-5-4-6-8-17)29(42)24(20)30(43)25-23(16)31(44)27-28(41(2)3)32(45)26(35(38)48)34(47)37(27,49)33(25)46/h4-16,23,27-28,31,42,44-46,49H,1-3H3,(H2,38,48)(H,39,40). The van der Waals surface area contributed by atoms with Crippen molar-refractivity contribution in [3.63, 3.8) is 0 Å². The number of phenols is 1. The van der Waals surface area contributed by atoms with Crippen molar-refractivity contribution in [1.29, 1.82) is 0 Å². The van der Waals surface area contributed by atoms with Crippen LogP contribution in [0.4, 0.5) is 10.8 Å². The molecule has 1 amide bonds. The van der Waals surface area contributed by atoms with Gasteiger partial charge in [-0.3, -0.25) is 19.3 Å². The number of benzene rings is 3. The number of hydrogen-bond acceptors (Lipinski definition) is 12. The Hall–Kier alpha value is -5.34. The van der Waals surface area contributed by atoms with E-state index in [0.717, 1.165) is 16.7 Å². The largest absolute Gasteiger partial charge is 0.510 e. The van der Waals surface area contributed by atoms with E-state index in [0.29, 0.717) is 16.4 Å². The van der Waals surface area contributed by atoms with E-state index in [-0.39, 0.29) is 11.3 Å². The van der Waals surface area contributed by atoms with E-state index < -0.39 is 81.4 Å². The number of aliphatic hydroxyl groups is 4. The molecule has 3 aromatic carbocycles. The number of ketones is 2. The summed E-state index contributed by atoms with van der Waals surface area (Å²) in [5.41, 5.74) is 5.04. The third-order valence-electron chi connectivity index (χ3n) is 10.2. The molecule has 0 bridgehead atoms. The molecule has 256 valence electrons. The van der Waals surface area contributed by atoms with Crippen molar-refractivity contribution in [1.82, 2.24) is 9.88 Å². The highest BCUT2D eigenvalue weighted by Crippen LogP contribution is 2.56. The predicted octanol–water partition coefficient (Wildman–Crippen LogP) is 4.19. The van der Waals surface area contributed by atoms with Crippen LogP contribution in [-0.4, -0.2) is 84.7 Å². The van der Waals surface area contributed by atoms with Gasteiger partial charge in [-0.1, -0.05) is 67.6 Å². The van der Waals surface area contributed by atoms with Gasteiger partial charge in [0.05, 0.1) is 35.0 Å². The molecule has 0 spiro atoms. The summed E-state index contributed by atoms with van der Waals surface area (Å²) >= 11 is 1.29. The molecule has 6 unspecified atom stereocenters. The zero-order chi connectivity index (χ0) is 35.8. The molecule has 8 N–H and O–H groups in total. The predicted molar refractivity (Wildman–Crippen MR) is 186 cm³/mol. The molecule has 0 fully saturated rings. The average molecular weight is 695 g/mol. The lowest BCUT2D eigenvalue weighted by molar-refractivity contribution is -0.162. The van der Waals surface area contributed by atoms with Gasteiger partial charge >= 0.3 is 0 Å². The van der Waals surface area contributed by atoms with Gasteiger partial charge in [0.15, 0.2) is 22.3 Å². The number of aromatic nitrogens is 1. The maximum Gasteiger partial charge on any atom is 0.255 e. The van der Waals surface area contributed by atoms with Gasteiger partial charge < -0.3 is 36.6 Å². The van der Waals surface area contributed by atoms with Crippen LogP contribution < -0.4 is 11.1 Å². The van der Waals surface area contributed by atoms with E-state index in [1.807, 2.05) is 60.0 Å². The van der Waals surface area contributed by atoms with Crippen LogP contribution in [0.1, 0.15) is 28.8 Å². The Morgan fingerprint density at radius 1 is 0.960 bits per heavy atom. The molecular formula is C37H34N4O8S. The number of aromatic hydroxyl groups is 1. The molecule has 0 radical (unpaired) electrons. The number of fused-ring (bicyclic) bond motifs is 3. The number of nitrogens with two attached hydrogens (primary N) is 1. The summed E-state index contributed by atoms with van der Waals surface area (Å²) in [5.74, 6) is -9.42. The highest BCUT2D eigenvalue weighted by Gasteiger charge is 2.67. The first kappa shape index (κ1) is 33.2. The molecule has 0 aliphatic heterocycles. The summed E-state index contributed by atoms with van der Waals surface area (Å²) in [4.78, 5) is 46.1. The van der Waals surface area contributed by atoms with Gasteiger partial charge in [-0.2, -0.15) is 0 Å². The minimum absolute atomic E-state index is 0.140. The van der Waals surface area contributed by atoms with Gasteiger partial charge in [-0.05, 0) is 42.8 Å². The summed E-state index contributed by atoms with van der Waals surface area (Å²) in [6.07, 6.45) is -1.67. The number of hydrogen-bond donors (Lipinski definition) is 7. The first-order valence-electron chi connectivity index (χ1n) is 15.8. The Morgan fingerprint density at radius 2 is 1.60 bits per heavy atom. The molecule has 3 aliphatic rings. The zero-order valence-electron chi connectivity index (χ0n) is 27.2. The number of nitrogens with one attached hydrogen (secondary N) is 1. The first-order chi connectivity index (χ1) is 23.8. The smallest absolute Gasteiger partial charge is 0.255 e. The van der Waals surface area contributed by atoms with Crippen LogP contribution in [0.15, 0.2) is 94.8 Å². The van der Waals surface area contributed by atoms with Crippen LogP contribution in [-0.2, 0) is 9.59 Å². The first-order valence-corrected chi connectivity index (χ1v) is 16.7. The third kappa shape index (κ3) is 4.76. The second kappa shape index (κ2) is 11.9. The number of primary amides is 1. The van der Waals surface area contributed by atoms with Crippen molar-refractivity contribution in [2.45, 2.75) is 30.6 Å². The fourth-order valence-electron chi connectivity index (χ4n) is 7.77. The fraction of sp³-hybridized carbons (Fsp3) is 0.243. The van der Waals surface area contributed by atoms with Gasteiger partial charge in [-0.15, -0.1) is 11.3 Å². The number of nitrogens with zero attached hydrogens (tertiary/aromatic N) is 2. The number of carbonyl (C=O) groups excluding carboxylic acids is 3. The number of carbonyl (C=O) groups is 3. The fourth-order valence-corrected chi connectivity index (χ4v) is 8.50. The van der Waals surface area contributed by atoms with E-state index >= 15 is 0 Å². The van der Waals surface area contributed by atoms with E-state index in [2.05, 4.69) is 10.3 Å². The maximum absolute atomic E-state index is 14.2. The van der Waals surface area contributed by atoms with Crippen LogP contribution in [0, 0.1) is 11.8 Å². The number of phenolic OH excluding ortho intramolecular Hbond substituents is 1. The molecule has 1 aromatic heterocycles. The zero-order valence-corrected chi connectivity index (χ0v) is 28.0. The van der Waals surface area contributed by atoms with E-state index in [1.54, 1.807) is 19.1 Å². The van der Waals surface area contributed by atoms with E-state index in [9.17, 15) is 39.9 Å². The Balaban J connectivity index is 1.24. The minimum Gasteiger partial charge on any atom is -0.510 e. The average Bonchev–Trinajstić information content (AvgIpc) is 3.56. The lowest BCUT2D eigenvalue weighted by Crippen LogP contribution is -2.68. The summed E-state index contributed by atoms with van der Waals surface area (Å²) in [6, 6.07) is 19.8. The topological polar surface area (TPSA) is 207 Å². The molecule has 13 heteroatoms. The Labute approximate surface area is 290 Å². The molecule has 1 heterocycles. The van der Waals surface area contributed by atoms with Gasteiger partial charge in [0.25, 0.3) is 5.91 Å². The number of Topliss-reactive ketones (excluding diaryl/α,β-unsaturated/α-hetero) is 2. The third-order valence-corrected chi connectivity index (χ3v) is 10.9. The Kier molecular flexibility index (Phi) is 7.90. The summed E-state index contributed by atoms with van der Waals surface area (Å²) in [6.45, 7) is 1.68. The molecule has 4 aromatic rings. The van der Waals surface area contributed by atoms with Crippen molar-refractivity contribution >= 4 is 39.6 Å². The highest BCUT2D eigenvalue weighted by molar-refractivity contribution is 7.14. The van der Waals surface area contributed by atoms with Crippen molar-refractivity contribution in [2.75, 3.05) is 19.4 Å². The number of likely N-dealkylation sites (N-methyl/N-ethyl adjacent to an activating group) is 1. The lowest BCUT2D eigenvalue weighted by atomic mass is 9.55. The molecule has 50 heavy (non-hydrogen) atoms. The van der Waals surface area contributed by atoms with Gasteiger partial charge in [0, 0.05) is 22.4 Å². The number of aliphatic hydroxyl groups excluding tert-OH is 3. The van der Waals surface area contributed by atoms with E-state index in [1.165, 1.54) is 30.3 Å². The van der Waals surface area contributed by atoms with E-state index in [4.69, 9.17) is 5.73 Å². The van der Waals surface area contributed by atoms with Crippen LogP contribution in [0.25, 0.3) is 22.4 Å². The van der Waals surface area contributed by atoms with Gasteiger partial charge in [0.2, 0.25) is 5.78 Å².